The van der Waals surface area contributed by atoms with E-state index in [0.717, 1.165) is 6.07 Å². The number of aliphatic hydroxyl groups excluding tert-OH is 1. The first-order chi connectivity index (χ1) is 10.9. The lowest BCUT2D eigenvalue weighted by molar-refractivity contribution is -0.137. The molecule has 0 aromatic heterocycles. The monoisotopic (exact) mass is 329 g/mol. The maximum Gasteiger partial charge on any atom is 0.418 e. The summed E-state index contributed by atoms with van der Waals surface area (Å²) in [4.78, 5) is 2.00. The molecular formula is C15H18F3N3O2. The molecule has 1 aromatic rings. The minimum atomic E-state index is -4.57. The number of hydrogen-bond donors (Lipinski definition) is 2. The highest BCUT2D eigenvalue weighted by atomic mass is 19.4. The Morgan fingerprint density at radius 3 is 2.65 bits per heavy atom. The maximum atomic E-state index is 13.0. The predicted molar refractivity (Wildman–Crippen MR) is 77.9 cm³/mol. The van der Waals surface area contributed by atoms with Gasteiger partial charge in [0.05, 0.1) is 36.5 Å². The lowest BCUT2D eigenvalue weighted by atomic mass is 10.1. The smallest absolute Gasteiger partial charge is 0.390 e. The highest BCUT2D eigenvalue weighted by Gasteiger charge is 2.34. The predicted octanol–water partition coefficient (Wildman–Crippen LogP) is 1.68. The molecule has 1 aliphatic rings. The standard InChI is InChI=1S/C15H18F3N3O2/c16-15(17,18)13-7-11(8-19)1-2-14(13)20-9-12(22)10-21-3-5-23-6-4-21/h1-2,7,12,20,22H,3-6,9-10H2. The summed E-state index contributed by atoms with van der Waals surface area (Å²) in [5, 5.41) is 21.3. The molecule has 0 spiro atoms. The van der Waals surface area contributed by atoms with Crippen molar-refractivity contribution in [2.75, 3.05) is 44.7 Å². The molecule has 2 N–H and O–H groups in total. The van der Waals surface area contributed by atoms with Crippen LogP contribution in [0, 0.1) is 11.3 Å². The number of β-amino-alcohol motifs (C(OH)–C–C–N with tert-alkyl or cyclic N) is 1. The summed E-state index contributed by atoms with van der Waals surface area (Å²) >= 11 is 0. The van der Waals surface area contributed by atoms with Crippen LogP contribution in [0.2, 0.25) is 0 Å². The first-order valence-electron chi connectivity index (χ1n) is 7.23. The second-order valence-electron chi connectivity index (χ2n) is 5.32. The van der Waals surface area contributed by atoms with Gasteiger partial charge >= 0.3 is 6.18 Å². The zero-order chi connectivity index (χ0) is 16.9. The Hall–Kier alpha value is -1.82. The van der Waals surface area contributed by atoms with Crippen LogP contribution >= 0.6 is 0 Å². The van der Waals surface area contributed by atoms with Gasteiger partial charge in [-0.2, -0.15) is 18.4 Å². The topological polar surface area (TPSA) is 68.5 Å². The summed E-state index contributed by atoms with van der Waals surface area (Å²) in [6, 6.07) is 5.01. The Labute approximate surface area is 132 Å². The van der Waals surface area contributed by atoms with Gasteiger partial charge in [-0.3, -0.25) is 4.90 Å². The third-order valence-corrected chi connectivity index (χ3v) is 3.55. The SMILES string of the molecule is N#Cc1ccc(NCC(O)CN2CCOCC2)c(C(F)(F)F)c1. The lowest BCUT2D eigenvalue weighted by Gasteiger charge is -2.28. The molecule has 1 saturated heterocycles. The van der Waals surface area contributed by atoms with Gasteiger partial charge in [0.2, 0.25) is 0 Å². The number of ether oxygens (including phenoxy) is 1. The van der Waals surface area contributed by atoms with Crippen molar-refractivity contribution in [3.8, 4) is 6.07 Å². The van der Waals surface area contributed by atoms with Gasteiger partial charge in [-0.05, 0) is 18.2 Å². The summed E-state index contributed by atoms with van der Waals surface area (Å²) in [7, 11) is 0. The molecule has 23 heavy (non-hydrogen) atoms. The fraction of sp³-hybridized carbons (Fsp3) is 0.533. The van der Waals surface area contributed by atoms with Gasteiger partial charge in [-0.15, -0.1) is 0 Å². The molecular weight excluding hydrogens is 311 g/mol. The van der Waals surface area contributed by atoms with Crippen molar-refractivity contribution in [1.82, 2.24) is 4.90 Å². The van der Waals surface area contributed by atoms with Crippen LogP contribution in [0.1, 0.15) is 11.1 Å². The fourth-order valence-corrected chi connectivity index (χ4v) is 2.38. The quantitative estimate of drug-likeness (QED) is 0.860. The first kappa shape index (κ1) is 17.5. The summed E-state index contributed by atoms with van der Waals surface area (Å²) in [6.07, 6.45) is -5.37. The number of hydrogen-bond acceptors (Lipinski definition) is 5. The summed E-state index contributed by atoms with van der Waals surface area (Å²) in [5.74, 6) is 0. The van der Waals surface area contributed by atoms with Gasteiger partial charge in [0.15, 0.2) is 0 Å². The van der Waals surface area contributed by atoms with E-state index < -0.39 is 17.8 Å². The summed E-state index contributed by atoms with van der Waals surface area (Å²) in [6.45, 7) is 2.94. The van der Waals surface area contributed by atoms with Crippen LogP contribution in [-0.2, 0) is 10.9 Å². The first-order valence-corrected chi connectivity index (χ1v) is 7.23. The summed E-state index contributed by atoms with van der Waals surface area (Å²) in [5.41, 5.74) is -1.11. The molecule has 0 aliphatic carbocycles. The molecule has 1 aromatic carbocycles. The van der Waals surface area contributed by atoms with Crippen LogP contribution < -0.4 is 5.32 Å². The number of alkyl halides is 3. The highest BCUT2D eigenvalue weighted by molar-refractivity contribution is 5.56. The number of nitrogens with zero attached hydrogens (tertiary/aromatic N) is 2. The van der Waals surface area contributed by atoms with Crippen LogP contribution in [0.4, 0.5) is 18.9 Å². The molecule has 0 saturated carbocycles. The molecule has 0 bridgehead atoms. The van der Waals surface area contributed by atoms with E-state index in [9.17, 15) is 18.3 Å². The van der Waals surface area contributed by atoms with E-state index in [4.69, 9.17) is 10.00 Å². The molecule has 1 heterocycles. The Balaban J connectivity index is 1.98. The van der Waals surface area contributed by atoms with Crippen molar-refractivity contribution in [3.63, 3.8) is 0 Å². The average molecular weight is 329 g/mol. The Morgan fingerprint density at radius 1 is 1.35 bits per heavy atom. The van der Waals surface area contributed by atoms with Gasteiger partial charge in [0.25, 0.3) is 0 Å². The van der Waals surface area contributed by atoms with Crippen molar-refractivity contribution < 1.29 is 23.0 Å². The number of rotatable bonds is 5. The molecule has 1 atom stereocenters. The molecule has 126 valence electrons. The number of morpholine rings is 1. The van der Waals surface area contributed by atoms with Gasteiger partial charge in [-0.1, -0.05) is 0 Å². The molecule has 1 aliphatic heterocycles. The lowest BCUT2D eigenvalue weighted by Crippen LogP contribution is -2.42. The Bertz CT molecular complexity index is 566. The number of aliphatic hydroxyl groups is 1. The molecule has 5 nitrogen and oxygen atoms in total. The third kappa shape index (κ3) is 5.10. The van der Waals surface area contributed by atoms with Gasteiger partial charge < -0.3 is 15.2 Å². The molecule has 0 radical (unpaired) electrons. The van der Waals surface area contributed by atoms with Crippen molar-refractivity contribution >= 4 is 5.69 Å². The molecule has 8 heteroatoms. The normalized spacial score (nSPS) is 17.5. The zero-order valence-electron chi connectivity index (χ0n) is 12.4. The van der Waals surface area contributed by atoms with Gasteiger partial charge in [0.1, 0.15) is 0 Å². The van der Waals surface area contributed by atoms with Crippen LogP contribution in [0.3, 0.4) is 0 Å². The van der Waals surface area contributed by atoms with Crippen LogP contribution in [0.5, 0.6) is 0 Å². The van der Waals surface area contributed by atoms with Crippen molar-refractivity contribution in [1.29, 1.82) is 5.26 Å². The van der Waals surface area contributed by atoms with Crippen LogP contribution in [0.15, 0.2) is 18.2 Å². The van der Waals surface area contributed by atoms with Gasteiger partial charge in [0, 0.05) is 31.9 Å². The largest absolute Gasteiger partial charge is 0.418 e. The van der Waals surface area contributed by atoms with E-state index >= 15 is 0 Å². The third-order valence-electron chi connectivity index (χ3n) is 3.55. The average Bonchev–Trinajstić information content (AvgIpc) is 2.53. The number of nitrogens with one attached hydrogen (secondary N) is 1. The number of nitriles is 1. The molecule has 1 unspecified atom stereocenters. The number of halogens is 3. The van der Waals surface area contributed by atoms with Crippen LogP contribution in [-0.4, -0.2) is 55.5 Å². The highest BCUT2D eigenvalue weighted by Crippen LogP contribution is 2.35. The molecule has 1 fully saturated rings. The van der Waals surface area contributed by atoms with Crippen molar-refractivity contribution in [2.24, 2.45) is 0 Å². The van der Waals surface area contributed by atoms with Crippen molar-refractivity contribution in [3.05, 3.63) is 29.3 Å². The van der Waals surface area contributed by atoms with Crippen LogP contribution in [0.25, 0.3) is 0 Å². The zero-order valence-corrected chi connectivity index (χ0v) is 12.4. The van der Waals surface area contributed by atoms with E-state index in [-0.39, 0.29) is 17.8 Å². The second kappa shape index (κ2) is 7.64. The summed E-state index contributed by atoms with van der Waals surface area (Å²) < 4.78 is 44.3. The van der Waals surface area contributed by atoms with E-state index in [1.54, 1.807) is 6.07 Å². The number of anilines is 1. The van der Waals surface area contributed by atoms with E-state index in [1.807, 2.05) is 4.90 Å². The second-order valence-corrected chi connectivity index (χ2v) is 5.32. The molecule has 0 amide bonds. The Kier molecular flexibility index (Phi) is 5.82. The number of benzene rings is 1. The van der Waals surface area contributed by atoms with E-state index in [0.29, 0.717) is 32.8 Å². The molecule has 2 rings (SSSR count). The minimum Gasteiger partial charge on any atom is -0.390 e. The van der Waals surface area contributed by atoms with E-state index in [2.05, 4.69) is 5.32 Å². The van der Waals surface area contributed by atoms with E-state index in [1.165, 1.54) is 12.1 Å². The minimum absolute atomic E-state index is 0.00760. The maximum absolute atomic E-state index is 13.0. The Morgan fingerprint density at radius 2 is 2.04 bits per heavy atom. The van der Waals surface area contributed by atoms with Crippen molar-refractivity contribution in [2.45, 2.75) is 12.3 Å². The fourth-order valence-electron chi connectivity index (χ4n) is 2.38. The van der Waals surface area contributed by atoms with Gasteiger partial charge in [-0.25, -0.2) is 0 Å².